The van der Waals surface area contributed by atoms with Crippen LogP contribution in [-0.4, -0.2) is 68.3 Å². The van der Waals surface area contributed by atoms with E-state index < -0.39 is 34.6 Å². The molecule has 11 nitrogen and oxygen atoms in total. The van der Waals surface area contributed by atoms with E-state index in [9.17, 15) is 18.6 Å². The number of nitrogens with two attached hydrogens (primary N) is 1. The summed E-state index contributed by atoms with van der Waals surface area (Å²) in [6.45, 7) is 0. The van der Waals surface area contributed by atoms with Gasteiger partial charge in [-0.15, -0.1) is 0 Å². The Hall–Kier alpha value is -1.86. The molecule has 2 aliphatic carbocycles. The van der Waals surface area contributed by atoms with Gasteiger partial charge in [0.25, 0.3) is 0 Å². The number of aliphatic hydroxyl groups is 2. The Labute approximate surface area is 173 Å². The van der Waals surface area contributed by atoms with Gasteiger partial charge in [-0.2, -0.15) is 0 Å². The minimum absolute atomic E-state index is 0.0216. The molecule has 5 N–H and O–H groups in total. The number of fused-ring (bicyclic) bond motifs is 3. The lowest BCUT2D eigenvalue weighted by atomic mass is 9.95. The van der Waals surface area contributed by atoms with E-state index in [2.05, 4.69) is 20.3 Å². The standard InChI is InChI=1S/C18H26N6O5S/c19-30(27,28)4-3-12-14(25)15(26)18(29-12)24-8-22-13-16(20-7-21-17(13)24)23-11-6-9-1-2-10(11)5-9/h7-12,14-15,18,25-26H,1-6H2,(H2,19,27,28)(H,20,21,23). The van der Waals surface area contributed by atoms with Gasteiger partial charge in [0, 0.05) is 6.04 Å². The zero-order chi connectivity index (χ0) is 21.0. The number of sulfonamides is 1. The number of anilines is 1. The van der Waals surface area contributed by atoms with Gasteiger partial charge < -0.3 is 20.3 Å². The van der Waals surface area contributed by atoms with Gasteiger partial charge in [0.15, 0.2) is 23.2 Å². The van der Waals surface area contributed by atoms with Gasteiger partial charge in [-0.05, 0) is 37.5 Å². The largest absolute Gasteiger partial charge is 0.388 e. The number of nitrogens with zero attached hydrogens (tertiary/aromatic N) is 4. The van der Waals surface area contributed by atoms with Crippen molar-refractivity contribution in [3.63, 3.8) is 0 Å². The molecule has 0 aromatic carbocycles. The lowest BCUT2D eigenvalue weighted by Gasteiger charge is -2.23. The zero-order valence-electron chi connectivity index (χ0n) is 16.3. The molecule has 7 atom stereocenters. The van der Waals surface area contributed by atoms with Crippen molar-refractivity contribution in [2.45, 2.75) is 62.7 Å². The number of ether oxygens (including phenoxy) is 1. The van der Waals surface area contributed by atoms with E-state index in [0.717, 1.165) is 12.3 Å². The average molecular weight is 439 g/mol. The number of aromatic nitrogens is 4. The van der Waals surface area contributed by atoms with Crippen LogP contribution >= 0.6 is 0 Å². The van der Waals surface area contributed by atoms with Gasteiger partial charge >= 0.3 is 0 Å². The van der Waals surface area contributed by atoms with Crippen LogP contribution in [0.4, 0.5) is 5.82 Å². The number of aliphatic hydroxyl groups excluding tert-OH is 2. The summed E-state index contributed by atoms with van der Waals surface area (Å²) in [6.07, 6.45) is 3.54. The molecule has 2 saturated carbocycles. The molecular weight excluding hydrogens is 412 g/mol. The third-order valence-electron chi connectivity index (χ3n) is 6.72. The Kier molecular flexibility index (Phi) is 4.93. The average Bonchev–Trinajstić information content (AvgIpc) is 3.46. The van der Waals surface area contributed by atoms with Gasteiger partial charge in [0.05, 0.1) is 18.2 Å². The fraction of sp³-hybridized carbons (Fsp3) is 0.722. The molecule has 30 heavy (non-hydrogen) atoms. The Morgan fingerprint density at radius 3 is 2.73 bits per heavy atom. The SMILES string of the molecule is NS(=O)(=O)CCC1OC(n2cnc3c(NC4CC5CCC4C5)ncnc32)C(O)C1O. The first-order chi connectivity index (χ1) is 14.3. The first kappa shape index (κ1) is 20.1. The van der Waals surface area contributed by atoms with Gasteiger partial charge in [-0.25, -0.2) is 28.5 Å². The number of hydrogen-bond acceptors (Lipinski definition) is 9. The fourth-order valence-electron chi connectivity index (χ4n) is 5.22. The summed E-state index contributed by atoms with van der Waals surface area (Å²) in [7, 11) is -3.70. The third-order valence-corrected chi connectivity index (χ3v) is 7.52. The molecule has 0 amide bonds. The van der Waals surface area contributed by atoms with Crippen LogP contribution in [0.1, 0.15) is 38.3 Å². The summed E-state index contributed by atoms with van der Waals surface area (Å²) in [4.78, 5) is 13.1. The molecule has 7 unspecified atom stereocenters. The van der Waals surface area contributed by atoms with Gasteiger partial charge in [-0.1, -0.05) is 6.42 Å². The molecule has 3 aliphatic rings. The van der Waals surface area contributed by atoms with Crippen LogP contribution in [0.25, 0.3) is 11.2 Å². The van der Waals surface area contributed by atoms with Crippen LogP contribution in [0.3, 0.4) is 0 Å². The van der Waals surface area contributed by atoms with Crippen LogP contribution in [0, 0.1) is 11.8 Å². The van der Waals surface area contributed by atoms with Gasteiger partial charge in [0.1, 0.15) is 18.5 Å². The monoisotopic (exact) mass is 438 g/mol. The molecule has 0 radical (unpaired) electrons. The highest BCUT2D eigenvalue weighted by Crippen LogP contribution is 2.45. The smallest absolute Gasteiger partial charge is 0.209 e. The maximum absolute atomic E-state index is 11.2. The molecule has 3 heterocycles. The van der Waals surface area contributed by atoms with Gasteiger partial charge in [-0.3, -0.25) is 4.57 Å². The van der Waals surface area contributed by atoms with E-state index in [0.29, 0.717) is 28.9 Å². The highest BCUT2D eigenvalue weighted by molar-refractivity contribution is 7.89. The number of imidazole rings is 1. The van der Waals surface area contributed by atoms with Crippen molar-refractivity contribution in [3.8, 4) is 0 Å². The predicted octanol–water partition coefficient (Wildman–Crippen LogP) is -0.275. The first-order valence-electron chi connectivity index (χ1n) is 10.3. The van der Waals surface area contributed by atoms with Crippen LogP contribution in [-0.2, 0) is 14.8 Å². The number of rotatable bonds is 6. The van der Waals surface area contributed by atoms with Crippen molar-refractivity contribution < 1.29 is 23.4 Å². The summed E-state index contributed by atoms with van der Waals surface area (Å²) < 4.78 is 29.8. The highest BCUT2D eigenvalue weighted by atomic mass is 32.2. The molecule has 12 heteroatoms. The number of nitrogens with one attached hydrogen (secondary N) is 1. The second kappa shape index (κ2) is 7.38. The lowest BCUT2D eigenvalue weighted by Crippen LogP contribution is -2.33. The zero-order valence-corrected chi connectivity index (χ0v) is 17.1. The Balaban J connectivity index is 1.37. The summed E-state index contributed by atoms with van der Waals surface area (Å²) in [5.74, 6) is 1.76. The molecule has 2 bridgehead atoms. The molecule has 0 spiro atoms. The topological polar surface area (TPSA) is 165 Å². The summed E-state index contributed by atoms with van der Waals surface area (Å²) in [6, 6.07) is 0.379. The molecule has 1 aliphatic heterocycles. The minimum Gasteiger partial charge on any atom is -0.388 e. The maximum Gasteiger partial charge on any atom is 0.209 e. The van der Waals surface area contributed by atoms with Crippen LogP contribution < -0.4 is 10.5 Å². The van der Waals surface area contributed by atoms with E-state index in [1.54, 1.807) is 4.57 Å². The molecular formula is C18H26N6O5S. The van der Waals surface area contributed by atoms with Crippen molar-refractivity contribution in [3.05, 3.63) is 12.7 Å². The predicted molar refractivity (Wildman–Crippen MR) is 107 cm³/mol. The van der Waals surface area contributed by atoms with Crippen LogP contribution in [0.15, 0.2) is 12.7 Å². The molecule has 1 saturated heterocycles. The molecule has 2 aromatic heterocycles. The summed E-state index contributed by atoms with van der Waals surface area (Å²) in [5, 5.41) is 29.4. The number of primary sulfonamides is 1. The quantitative estimate of drug-likeness (QED) is 0.474. The normalized spacial score (nSPS) is 36.0. The fourth-order valence-corrected chi connectivity index (χ4v) is 5.78. The van der Waals surface area contributed by atoms with E-state index >= 15 is 0 Å². The van der Waals surface area contributed by atoms with E-state index in [1.165, 1.54) is 31.9 Å². The Morgan fingerprint density at radius 1 is 1.20 bits per heavy atom. The molecule has 164 valence electrons. The van der Waals surface area contributed by atoms with E-state index in [4.69, 9.17) is 9.88 Å². The van der Waals surface area contributed by atoms with Crippen molar-refractivity contribution in [2.75, 3.05) is 11.1 Å². The molecule has 5 rings (SSSR count). The second-order valence-electron chi connectivity index (χ2n) is 8.67. The summed E-state index contributed by atoms with van der Waals surface area (Å²) in [5.41, 5.74) is 1.04. The van der Waals surface area contributed by atoms with Crippen molar-refractivity contribution in [1.29, 1.82) is 0 Å². The second-order valence-corrected chi connectivity index (χ2v) is 10.4. The molecule has 3 fully saturated rings. The summed E-state index contributed by atoms with van der Waals surface area (Å²) >= 11 is 0. The molecule has 2 aromatic rings. The maximum atomic E-state index is 11.2. The minimum atomic E-state index is -3.70. The van der Waals surface area contributed by atoms with Crippen molar-refractivity contribution >= 4 is 27.0 Å². The van der Waals surface area contributed by atoms with Crippen LogP contribution in [0.5, 0.6) is 0 Å². The first-order valence-corrected chi connectivity index (χ1v) is 12.0. The Bertz CT molecular complexity index is 1040. The third kappa shape index (κ3) is 3.56. The van der Waals surface area contributed by atoms with Crippen LogP contribution in [0.2, 0.25) is 0 Å². The van der Waals surface area contributed by atoms with Gasteiger partial charge in [0.2, 0.25) is 10.0 Å². The van der Waals surface area contributed by atoms with Crippen molar-refractivity contribution in [2.24, 2.45) is 17.0 Å². The van der Waals surface area contributed by atoms with E-state index in [-0.39, 0.29) is 12.2 Å². The highest BCUT2D eigenvalue weighted by Gasteiger charge is 2.44. The lowest BCUT2D eigenvalue weighted by molar-refractivity contribution is -0.0353. The Morgan fingerprint density at radius 2 is 2.03 bits per heavy atom. The number of hydrogen-bond donors (Lipinski definition) is 4. The van der Waals surface area contributed by atoms with Crippen molar-refractivity contribution in [1.82, 2.24) is 19.5 Å². The van der Waals surface area contributed by atoms with E-state index in [1.807, 2.05) is 0 Å².